The molecule has 0 aromatic heterocycles. The summed E-state index contributed by atoms with van der Waals surface area (Å²) in [4.78, 5) is 0. The molecule has 0 spiro atoms. The monoisotopic (exact) mass is 1170 g/mol. The van der Waals surface area contributed by atoms with Gasteiger partial charge in [0.25, 0.3) is 0 Å². The molecule has 10 heterocycles. The number of fused-ring (bicyclic) bond motifs is 40. The summed E-state index contributed by atoms with van der Waals surface area (Å²) in [7, 11) is 0. The first-order valence-corrected chi connectivity index (χ1v) is 35.8. The van der Waals surface area contributed by atoms with Gasteiger partial charge in [0, 0.05) is 17.1 Å². The molecule has 16 bridgehead atoms. The van der Waals surface area contributed by atoms with Crippen molar-refractivity contribution in [2.75, 3.05) is 0 Å². The standard InChI is InChI=1S/2C32H56N8.Cu/c2*1-2-10-18-17(9-1)25-33-26(18)38-28-21-13-5-6-14-22(21)30(35-28)40-32-24-16-8-7-15-23(24)31(36-32)39-29-20-12-4-3-11-19(20)27(34-29)37-25;/h2*17-40H,1-16H2;. The summed E-state index contributed by atoms with van der Waals surface area (Å²) >= 11 is 0. The van der Waals surface area contributed by atoms with E-state index in [1.807, 2.05) is 0 Å². The molecule has 18 aliphatic rings. The molecule has 16 unspecified atom stereocenters. The predicted octanol–water partition coefficient (Wildman–Crippen LogP) is 5.21. The van der Waals surface area contributed by atoms with Crippen molar-refractivity contribution in [2.24, 2.45) is 94.7 Å². The fraction of sp³-hybridized carbons (Fsp3) is 1.00. The van der Waals surface area contributed by atoms with Crippen molar-refractivity contribution in [3.8, 4) is 0 Å². The van der Waals surface area contributed by atoms with Crippen LogP contribution in [0.1, 0.15) is 205 Å². The molecule has 0 aromatic rings. The topological polar surface area (TPSA) is 192 Å². The van der Waals surface area contributed by atoms with Gasteiger partial charge < -0.3 is 0 Å². The Bertz CT molecular complexity index is 1570. The van der Waals surface area contributed by atoms with E-state index < -0.39 is 0 Å². The molecule has 16 N–H and O–H groups in total. The van der Waals surface area contributed by atoms with E-state index in [0.717, 1.165) is 94.7 Å². The van der Waals surface area contributed by atoms with Crippen LogP contribution in [0.4, 0.5) is 0 Å². The van der Waals surface area contributed by atoms with Crippen molar-refractivity contribution in [1.82, 2.24) is 85.1 Å². The number of nitrogens with one attached hydrogen (secondary N) is 16. The maximum absolute atomic E-state index is 4.26. The zero-order valence-corrected chi connectivity index (χ0v) is 50.3. The van der Waals surface area contributed by atoms with Gasteiger partial charge in [0.2, 0.25) is 0 Å². The van der Waals surface area contributed by atoms with Gasteiger partial charge in [-0.3, -0.25) is 85.1 Å². The van der Waals surface area contributed by atoms with Crippen LogP contribution in [0, 0.1) is 94.7 Å². The van der Waals surface area contributed by atoms with Crippen molar-refractivity contribution in [3.63, 3.8) is 0 Å². The van der Waals surface area contributed by atoms with Gasteiger partial charge in [-0.2, -0.15) is 0 Å². The van der Waals surface area contributed by atoms with Gasteiger partial charge in [-0.1, -0.05) is 103 Å². The predicted molar refractivity (Wildman–Crippen MR) is 314 cm³/mol. The molecule has 8 aliphatic carbocycles. The van der Waals surface area contributed by atoms with Crippen LogP contribution in [0.15, 0.2) is 0 Å². The van der Waals surface area contributed by atoms with Crippen molar-refractivity contribution in [1.29, 1.82) is 0 Å². The minimum absolute atomic E-state index is 0. The summed E-state index contributed by atoms with van der Waals surface area (Å²) in [6.45, 7) is 0. The van der Waals surface area contributed by atoms with Gasteiger partial charge in [-0.05, 0) is 197 Å². The quantitative estimate of drug-likeness (QED) is 0.141. The van der Waals surface area contributed by atoms with Crippen LogP contribution in [0.2, 0.25) is 0 Å². The first-order chi connectivity index (χ1) is 39.6. The number of hydrogen-bond acceptors (Lipinski definition) is 16. The molecule has 0 amide bonds. The van der Waals surface area contributed by atoms with Gasteiger partial charge in [0.15, 0.2) is 0 Å². The van der Waals surface area contributed by atoms with Crippen LogP contribution in [0.3, 0.4) is 0 Å². The molecule has 16 nitrogen and oxygen atoms in total. The second-order valence-electron chi connectivity index (χ2n) is 31.2. The minimum Gasteiger partial charge on any atom is -0.286 e. The van der Waals surface area contributed by atoms with E-state index in [9.17, 15) is 0 Å². The van der Waals surface area contributed by atoms with E-state index in [0.29, 0.717) is 98.7 Å². The third-order valence-electron chi connectivity index (χ3n) is 27.6. The van der Waals surface area contributed by atoms with Gasteiger partial charge >= 0.3 is 0 Å². The Morgan fingerprint density at radius 1 is 0.111 bits per heavy atom. The zero-order chi connectivity index (χ0) is 52.4. The van der Waals surface area contributed by atoms with Gasteiger partial charge in [0.05, 0.1) is 98.7 Å². The summed E-state index contributed by atoms with van der Waals surface area (Å²) in [5.41, 5.74) is 0. The van der Waals surface area contributed by atoms with E-state index >= 15 is 0 Å². The summed E-state index contributed by atoms with van der Waals surface area (Å²) in [6.07, 6.45) is 51.1. The number of rotatable bonds is 0. The van der Waals surface area contributed by atoms with E-state index in [4.69, 9.17) is 0 Å². The zero-order valence-electron chi connectivity index (χ0n) is 49.4. The van der Waals surface area contributed by atoms with Crippen LogP contribution in [0.5, 0.6) is 0 Å². The van der Waals surface area contributed by atoms with E-state index in [1.165, 1.54) is 205 Å². The molecular formula is C64H112CuN16. The SMILES string of the molecule is C1CCC2C3NC(NC4NC(NC5NC(NC6NC(N3)C3CCCCC63)C3CCCCC53)C3CCCCC43)C2C1.C1CCC2C3NC(NC4NC(NC5NC(NC6NC(N3)C3CCCCC63)C3CCCCC53)C3CCCCC43)C2C1.[Cu]. The van der Waals surface area contributed by atoms with Crippen molar-refractivity contribution < 1.29 is 17.1 Å². The summed E-state index contributed by atoms with van der Waals surface area (Å²) in [5, 5.41) is 67.6. The first-order valence-electron chi connectivity index (χ1n) is 35.8. The largest absolute Gasteiger partial charge is 0.286 e. The molecule has 18 rings (SSSR count). The van der Waals surface area contributed by atoms with Crippen LogP contribution >= 0.6 is 0 Å². The Balaban J connectivity index is 0.000000132. The molecule has 10 saturated heterocycles. The third kappa shape index (κ3) is 10.4. The molecule has 81 heavy (non-hydrogen) atoms. The van der Waals surface area contributed by atoms with Crippen LogP contribution < -0.4 is 85.1 Å². The van der Waals surface area contributed by atoms with Crippen molar-refractivity contribution in [3.05, 3.63) is 0 Å². The fourth-order valence-electron chi connectivity index (χ4n) is 23.9. The normalized spacial score (nSPS) is 56.9. The molecule has 17 heteroatoms. The third-order valence-corrected chi connectivity index (χ3v) is 27.6. The molecule has 18 fully saturated rings. The molecule has 0 aromatic carbocycles. The minimum atomic E-state index is 0. The molecule has 10 aliphatic heterocycles. The van der Waals surface area contributed by atoms with Crippen molar-refractivity contribution >= 4 is 0 Å². The first kappa shape index (κ1) is 56.1. The average molecular weight is 1170 g/mol. The van der Waals surface area contributed by atoms with Crippen LogP contribution in [-0.2, 0) is 17.1 Å². The molecule has 459 valence electrons. The Morgan fingerprint density at radius 3 is 0.235 bits per heavy atom. The molecule has 1 radical (unpaired) electrons. The second-order valence-corrected chi connectivity index (χ2v) is 31.2. The van der Waals surface area contributed by atoms with E-state index in [2.05, 4.69) is 85.1 Å². The Kier molecular flexibility index (Phi) is 16.6. The van der Waals surface area contributed by atoms with Gasteiger partial charge in [-0.25, -0.2) is 0 Å². The Morgan fingerprint density at radius 2 is 0.173 bits per heavy atom. The average Bonchev–Trinajstić information content (AvgIpc) is 4.47. The summed E-state index contributed by atoms with van der Waals surface area (Å²) in [6, 6.07) is 0. The molecule has 16 atom stereocenters. The summed E-state index contributed by atoms with van der Waals surface area (Å²) < 4.78 is 0. The molecule has 8 saturated carbocycles. The Labute approximate surface area is 498 Å². The van der Waals surface area contributed by atoms with Crippen molar-refractivity contribution in [2.45, 2.75) is 304 Å². The smallest absolute Gasteiger partial charge is 0.0628 e. The second kappa shape index (κ2) is 24.0. The Hall–Kier alpha value is -0.121. The maximum atomic E-state index is 4.26. The van der Waals surface area contributed by atoms with Gasteiger partial charge in [-0.15, -0.1) is 0 Å². The maximum Gasteiger partial charge on any atom is 0.0628 e. The van der Waals surface area contributed by atoms with E-state index in [1.54, 1.807) is 0 Å². The molecular weight excluding hydrogens is 1060 g/mol. The summed E-state index contributed by atoms with van der Waals surface area (Å²) in [5.74, 6) is 11.9. The van der Waals surface area contributed by atoms with Crippen LogP contribution in [0.25, 0.3) is 0 Å². The van der Waals surface area contributed by atoms with Crippen LogP contribution in [-0.4, -0.2) is 98.7 Å². The van der Waals surface area contributed by atoms with Gasteiger partial charge in [0.1, 0.15) is 0 Å². The number of hydrogen-bond donors (Lipinski definition) is 16. The van der Waals surface area contributed by atoms with E-state index in [-0.39, 0.29) is 17.1 Å². The fourth-order valence-corrected chi connectivity index (χ4v) is 23.9.